The summed E-state index contributed by atoms with van der Waals surface area (Å²) in [5.41, 5.74) is 23.8. The standard InChI is InChI=1S/C65H52N4O/c1-63(2)55-21-13-10-18-49(55)52-35-32-46(38-58(52)63)68(43-16-8-7-9-17-43)44-28-24-41(25-29-44)61-66-67-62(70-61)42-26-30-45(31-27-42)69(47-33-36-53-50-19-11-14-22-56(50)64(3,4)59(53)39-47)48-34-37-54-51-20-12-15-23-57(51)65(5,6)60(54)40-48/h7-40H,1-6H3. The fourth-order valence-electron chi connectivity index (χ4n) is 11.9. The summed E-state index contributed by atoms with van der Waals surface area (Å²) in [5.74, 6) is 0.943. The van der Waals surface area contributed by atoms with Crippen LogP contribution in [-0.4, -0.2) is 10.2 Å². The lowest BCUT2D eigenvalue weighted by Crippen LogP contribution is -2.18. The van der Waals surface area contributed by atoms with E-state index in [9.17, 15) is 0 Å². The molecular formula is C65H52N4O. The van der Waals surface area contributed by atoms with Crippen LogP contribution in [0.1, 0.15) is 74.9 Å². The first kappa shape index (κ1) is 41.9. The number of nitrogens with zero attached hydrogens (tertiary/aromatic N) is 4. The Morgan fingerprint density at radius 1 is 0.286 bits per heavy atom. The molecule has 1 aromatic heterocycles. The number of benzene rings is 9. The Kier molecular flexibility index (Phi) is 9.19. The molecule has 0 atom stereocenters. The van der Waals surface area contributed by atoms with Crippen LogP contribution in [0, 0.1) is 0 Å². The second kappa shape index (κ2) is 15.4. The molecule has 0 saturated carbocycles. The Balaban J connectivity index is 0.827. The molecule has 0 unspecified atom stereocenters. The molecular weight excluding hydrogens is 853 g/mol. The lowest BCUT2D eigenvalue weighted by atomic mass is 9.82. The maximum Gasteiger partial charge on any atom is 0.248 e. The Morgan fingerprint density at radius 2 is 0.571 bits per heavy atom. The number of hydrogen-bond acceptors (Lipinski definition) is 5. The first-order valence-electron chi connectivity index (χ1n) is 24.4. The van der Waals surface area contributed by atoms with Gasteiger partial charge in [0.2, 0.25) is 11.8 Å². The van der Waals surface area contributed by atoms with E-state index in [0.29, 0.717) is 11.8 Å². The number of fused-ring (bicyclic) bond motifs is 9. The molecule has 0 fully saturated rings. The summed E-state index contributed by atoms with van der Waals surface area (Å²) >= 11 is 0. The number of rotatable bonds is 8. The molecule has 0 N–H and O–H groups in total. The van der Waals surface area contributed by atoms with Crippen molar-refractivity contribution in [3.05, 3.63) is 240 Å². The van der Waals surface area contributed by atoms with Crippen LogP contribution in [0.4, 0.5) is 34.1 Å². The van der Waals surface area contributed by atoms with Crippen molar-refractivity contribution in [2.45, 2.75) is 57.8 Å². The summed E-state index contributed by atoms with van der Waals surface area (Å²) < 4.78 is 6.46. The van der Waals surface area contributed by atoms with E-state index in [1.165, 1.54) is 66.8 Å². The van der Waals surface area contributed by atoms with E-state index in [1.807, 2.05) is 0 Å². The number of para-hydroxylation sites is 1. The lowest BCUT2D eigenvalue weighted by molar-refractivity contribution is 0.584. The highest BCUT2D eigenvalue weighted by molar-refractivity contribution is 5.89. The van der Waals surface area contributed by atoms with Crippen molar-refractivity contribution in [1.29, 1.82) is 0 Å². The van der Waals surface area contributed by atoms with E-state index in [4.69, 9.17) is 4.42 Å². The second-order valence-corrected chi connectivity index (χ2v) is 20.7. The van der Waals surface area contributed by atoms with Crippen LogP contribution >= 0.6 is 0 Å². The molecule has 9 aromatic carbocycles. The molecule has 13 rings (SSSR count). The first-order chi connectivity index (χ1) is 34.0. The topological polar surface area (TPSA) is 45.4 Å². The Bertz CT molecular complexity index is 3590. The van der Waals surface area contributed by atoms with Gasteiger partial charge in [0.25, 0.3) is 0 Å². The van der Waals surface area contributed by atoms with Crippen molar-refractivity contribution in [2.75, 3.05) is 9.80 Å². The molecule has 0 aliphatic heterocycles. The van der Waals surface area contributed by atoms with Crippen LogP contribution in [0.2, 0.25) is 0 Å². The Morgan fingerprint density at radius 3 is 0.943 bits per heavy atom. The molecule has 0 bridgehead atoms. The van der Waals surface area contributed by atoms with Crippen LogP contribution in [0.15, 0.2) is 211 Å². The predicted molar refractivity (Wildman–Crippen MR) is 287 cm³/mol. The third-order valence-corrected chi connectivity index (χ3v) is 15.7. The molecule has 0 radical (unpaired) electrons. The smallest absolute Gasteiger partial charge is 0.248 e. The van der Waals surface area contributed by atoms with Crippen LogP contribution in [-0.2, 0) is 16.2 Å². The highest BCUT2D eigenvalue weighted by atomic mass is 16.4. The molecule has 3 aliphatic carbocycles. The van der Waals surface area contributed by atoms with Gasteiger partial charge in [0.1, 0.15) is 0 Å². The maximum absolute atomic E-state index is 6.46. The molecule has 5 nitrogen and oxygen atoms in total. The van der Waals surface area contributed by atoms with Gasteiger partial charge in [-0.15, -0.1) is 10.2 Å². The normalized spacial score (nSPS) is 14.8. The summed E-state index contributed by atoms with van der Waals surface area (Å²) in [6, 6.07) is 74.8. The number of aromatic nitrogens is 2. The van der Waals surface area contributed by atoms with Gasteiger partial charge in [0.05, 0.1) is 0 Å². The largest absolute Gasteiger partial charge is 0.416 e. The molecule has 0 amide bonds. The minimum atomic E-state index is -0.135. The molecule has 0 spiro atoms. The Labute approximate surface area is 410 Å². The van der Waals surface area contributed by atoms with Crippen molar-refractivity contribution in [2.24, 2.45) is 0 Å². The van der Waals surface area contributed by atoms with Crippen molar-refractivity contribution >= 4 is 34.1 Å². The predicted octanol–water partition coefficient (Wildman–Crippen LogP) is 17.3. The average Bonchev–Trinajstić information content (AvgIpc) is 4.10. The zero-order chi connectivity index (χ0) is 47.5. The van der Waals surface area contributed by atoms with E-state index in [-0.39, 0.29) is 16.2 Å². The maximum atomic E-state index is 6.46. The third kappa shape index (κ3) is 6.30. The molecule has 10 aromatic rings. The monoisotopic (exact) mass is 904 g/mol. The highest BCUT2D eigenvalue weighted by Gasteiger charge is 2.39. The van der Waals surface area contributed by atoms with Gasteiger partial charge in [-0.2, -0.15) is 0 Å². The molecule has 0 saturated heterocycles. The lowest BCUT2D eigenvalue weighted by Gasteiger charge is -2.29. The Hall–Kier alpha value is -8.28. The van der Waals surface area contributed by atoms with Crippen LogP contribution in [0.25, 0.3) is 56.3 Å². The summed E-state index contributed by atoms with van der Waals surface area (Å²) in [6.07, 6.45) is 0. The van der Waals surface area contributed by atoms with E-state index in [2.05, 4.69) is 268 Å². The molecule has 70 heavy (non-hydrogen) atoms. The summed E-state index contributed by atoms with van der Waals surface area (Å²) in [7, 11) is 0. The molecule has 1 heterocycles. The number of anilines is 6. The summed E-state index contributed by atoms with van der Waals surface area (Å²) in [4.78, 5) is 4.71. The second-order valence-electron chi connectivity index (χ2n) is 20.7. The van der Waals surface area contributed by atoms with Gasteiger partial charge in [0, 0.05) is 61.5 Å². The van der Waals surface area contributed by atoms with Crippen LogP contribution in [0.3, 0.4) is 0 Å². The van der Waals surface area contributed by atoms with Gasteiger partial charge in [-0.1, -0.05) is 151 Å². The quantitative estimate of drug-likeness (QED) is 0.152. The van der Waals surface area contributed by atoms with E-state index < -0.39 is 0 Å². The minimum Gasteiger partial charge on any atom is -0.416 e. The first-order valence-corrected chi connectivity index (χ1v) is 24.4. The fraction of sp³-hybridized carbons (Fsp3) is 0.138. The minimum absolute atomic E-state index is 0.107. The van der Waals surface area contributed by atoms with Gasteiger partial charge in [0.15, 0.2) is 0 Å². The SMILES string of the molecule is CC1(C)c2ccccc2-c2ccc(N(c3ccccc3)c3ccc(-c4nnc(-c5ccc(N(c6ccc7c(c6)C(C)(C)c6ccccc6-7)c6ccc7c(c6)C(C)(C)c6ccccc6-7)cc5)o4)cc3)cc21. The van der Waals surface area contributed by atoms with Gasteiger partial charge in [-0.05, 0) is 164 Å². The van der Waals surface area contributed by atoms with E-state index in [0.717, 1.165) is 45.3 Å². The van der Waals surface area contributed by atoms with Gasteiger partial charge in [-0.3, -0.25) is 0 Å². The highest BCUT2D eigenvalue weighted by Crippen LogP contribution is 2.54. The van der Waals surface area contributed by atoms with Crippen molar-refractivity contribution in [3.8, 4) is 56.3 Å². The van der Waals surface area contributed by atoms with Crippen LogP contribution in [0.5, 0.6) is 0 Å². The van der Waals surface area contributed by atoms with Crippen molar-refractivity contribution < 1.29 is 4.42 Å². The van der Waals surface area contributed by atoms with E-state index in [1.54, 1.807) is 0 Å². The molecule has 5 heteroatoms. The van der Waals surface area contributed by atoms with Crippen molar-refractivity contribution in [1.82, 2.24) is 10.2 Å². The summed E-state index contributed by atoms with van der Waals surface area (Å²) in [6.45, 7) is 14.0. The third-order valence-electron chi connectivity index (χ3n) is 15.7. The van der Waals surface area contributed by atoms with E-state index >= 15 is 0 Å². The van der Waals surface area contributed by atoms with Crippen molar-refractivity contribution in [3.63, 3.8) is 0 Å². The van der Waals surface area contributed by atoms with Gasteiger partial charge < -0.3 is 14.2 Å². The summed E-state index contributed by atoms with van der Waals surface area (Å²) in [5, 5.41) is 9.15. The fourth-order valence-corrected chi connectivity index (χ4v) is 11.9. The number of hydrogen-bond donors (Lipinski definition) is 0. The molecule has 3 aliphatic rings. The zero-order valence-corrected chi connectivity index (χ0v) is 40.3. The van der Waals surface area contributed by atoms with Crippen LogP contribution < -0.4 is 9.80 Å². The van der Waals surface area contributed by atoms with Gasteiger partial charge >= 0.3 is 0 Å². The zero-order valence-electron chi connectivity index (χ0n) is 40.3. The van der Waals surface area contributed by atoms with Gasteiger partial charge in [-0.25, -0.2) is 0 Å². The average molecular weight is 905 g/mol. The molecule has 338 valence electrons.